The summed E-state index contributed by atoms with van der Waals surface area (Å²) in [5.74, 6) is -0.128. The summed E-state index contributed by atoms with van der Waals surface area (Å²) in [6.07, 6.45) is 7.24. The molecule has 4 aliphatic rings. The molecule has 0 radical (unpaired) electrons. The van der Waals surface area contributed by atoms with E-state index in [4.69, 9.17) is 5.73 Å². The molecule has 0 aromatic heterocycles. The number of nitrogens with zero attached hydrogens (tertiary/aromatic N) is 5. The van der Waals surface area contributed by atoms with Crippen LogP contribution < -0.4 is 5.73 Å². The molecule has 5 rings (SSSR count). The molecule has 3 aliphatic heterocycles. The van der Waals surface area contributed by atoms with Crippen molar-refractivity contribution in [3.8, 4) is 6.07 Å². The highest BCUT2D eigenvalue weighted by molar-refractivity contribution is 8.27. The summed E-state index contributed by atoms with van der Waals surface area (Å²) < 4.78 is -0.182. The molecule has 5 atom stereocenters. The number of hydrogen-bond donors (Lipinski definition) is 1. The summed E-state index contributed by atoms with van der Waals surface area (Å²) >= 11 is 0. The van der Waals surface area contributed by atoms with Crippen molar-refractivity contribution >= 4 is 22.0 Å². The van der Waals surface area contributed by atoms with E-state index in [9.17, 15) is 25.0 Å². The van der Waals surface area contributed by atoms with Gasteiger partial charge in [0.05, 0.1) is 33.4 Å². The van der Waals surface area contributed by atoms with E-state index < -0.39 is 22.3 Å². The topological polar surface area (TPSA) is 137 Å². The van der Waals surface area contributed by atoms with Crippen LogP contribution in [0.1, 0.15) is 42.9 Å². The van der Waals surface area contributed by atoms with E-state index in [1.807, 2.05) is 28.0 Å². The lowest BCUT2D eigenvalue weighted by atomic mass is 10.1. The molecule has 3 saturated heterocycles. The number of nitrogens with two attached hydrogens (primary N) is 1. The lowest BCUT2D eigenvalue weighted by Crippen LogP contribution is -2.56. The number of aryl methyl sites for hydroxylation is 1. The van der Waals surface area contributed by atoms with Gasteiger partial charge in [0.25, 0.3) is 0 Å². The third-order valence-corrected chi connectivity index (χ3v) is 10.3. The summed E-state index contributed by atoms with van der Waals surface area (Å²) in [5.41, 5.74) is 8.45. The highest BCUT2D eigenvalue weighted by Gasteiger charge is 2.53. The number of amides is 2. The van der Waals surface area contributed by atoms with Gasteiger partial charge >= 0.3 is 0 Å². The summed E-state index contributed by atoms with van der Waals surface area (Å²) in [6, 6.07) is 6.64. The molecule has 3 heterocycles. The number of rotatable bonds is 6. The Kier molecular flexibility index (Phi) is 6.02. The molecule has 1 aromatic carbocycles. The molecular weight excluding hydrogens is 468 g/mol. The highest BCUT2D eigenvalue weighted by atomic mass is 32.3. The van der Waals surface area contributed by atoms with Crippen molar-refractivity contribution in [3.05, 3.63) is 39.4 Å². The first-order valence-corrected chi connectivity index (χ1v) is 14.6. The van der Waals surface area contributed by atoms with Gasteiger partial charge in [0.1, 0.15) is 6.04 Å². The van der Waals surface area contributed by atoms with Crippen molar-refractivity contribution in [2.75, 3.05) is 32.1 Å². The zero-order valence-corrected chi connectivity index (χ0v) is 20.9. The monoisotopic (exact) mass is 500 g/mol. The summed E-state index contributed by atoms with van der Waals surface area (Å²) in [7, 11) is -2.12. The SMILES string of the molecule is CS(C)(c1ccc2c(c1)CC[C@H]2N1C(=O)[C@@H]2C[C@H]1CN2C[C@H](N)C(=O)N1CCCC1C#N)[N+](=O)[O-]. The fraction of sp³-hybridized carbons (Fsp3) is 0.625. The van der Waals surface area contributed by atoms with Crippen LogP contribution in [-0.2, 0) is 16.0 Å². The number of piperazine rings is 1. The molecule has 2 bridgehead atoms. The molecule has 3 fully saturated rings. The first kappa shape index (κ1) is 24.0. The number of hydrogen-bond acceptors (Lipinski definition) is 7. The summed E-state index contributed by atoms with van der Waals surface area (Å²) in [4.78, 5) is 44.2. The third kappa shape index (κ3) is 3.88. The zero-order valence-electron chi connectivity index (χ0n) is 20.1. The standard InChI is InChI=1S/C24H32N6O4S/c1-35(2,30(33)34)18-6-7-19-15(10-18)5-8-21(19)29-17-11-22(24(29)32)27(13-17)14-20(26)23(31)28-9-3-4-16(28)12-25/h6-7,10,16-17,20-22H,3-5,8-9,11,13-14,26H2,1-2H3/t16?,17-,20-,21+,22-/m0/s1. The van der Waals surface area contributed by atoms with Gasteiger partial charge in [-0.2, -0.15) is 5.26 Å². The minimum atomic E-state index is -2.12. The number of fused-ring (bicyclic) bond motifs is 3. The predicted octanol–water partition coefficient (Wildman–Crippen LogP) is 1.42. The minimum absolute atomic E-state index is 0.00582. The van der Waals surface area contributed by atoms with E-state index in [2.05, 4.69) is 6.07 Å². The molecule has 1 unspecified atom stereocenters. The Morgan fingerprint density at radius 3 is 2.80 bits per heavy atom. The van der Waals surface area contributed by atoms with E-state index >= 15 is 0 Å². The van der Waals surface area contributed by atoms with Gasteiger partial charge in [0.15, 0.2) is 0 Å². The second kappa shape index (κ2) is 8.76. The number of likely N-dealkylation sites (tertiary alicyclic amines) is 3. The lowest BCUT2D eigenvalue weighted by molar-refractivity contribution is -0.295. The van der Waals surface area contributed by atoms with E-state index in [0.29, 0.717) is 26.1 Å². The Morgan fingerprint density at radius 2 is 2.11 bits per heavy atom. The molecule has 188 valence electrons. The first-order chi connectivity index (χ1) is 16.6. The quantitative estimate of drug-likeness (QED) is 0.461. The van der Waals surface area contributed by atoms with Crippen LogP contribution >= 0.6 is 10.2 Å². The molecule has 2 N–H and O–H groups in total. The third-order valence-electron chi connectivity index (χ3n) is 8.19. The molecular formula is C24H32N6O4S. The largest absolute Gasteiger partial charge is 0.330 e. The van der Waals surface area contributed by atoms with Crippen LogP contribution in [0.25, 0.3) is 0 Å². The maximum Gasteiger partial charge on any atom is 0.241 e. The molecule has 0 saturated carbocycles. The summed E-state index contributed by atoms with van der Waals surface area (Å²) in [5, 5.41) is 20.8. The summed E-state index contributed by atoms with van der Waals surface area (Å²) in [6.45, 7) is 1.56. The van der Waals surface area contributed by atoms with Gasteiger partial charge in [-0.1, -0.05) is 6.07 Å². The number of carbonyl (C=O) groups excluding carboxylic acids is 2. The Bertz CT molecular complexity index is 1120. The van der Waals surface area contributed by atoms with Gasteiger partial charge < -0.3 is 15.5 Å². The van der Waals surface area contributed by atoms with E-state index in [1.165, 1.54) is 0 Å². The van der Waals surface area contributed by atoms with Crippen LogP contribution in [0.4, 0.5) is 0 Å². The Morgan fingerprint density at radius 1 is 1.34 bits per heavy atom. The number of nitriles is 1. The van der Waals surface area contributed by atoms with Crippen molar-refractivity contribution in [1.29, 1.82) is 5.26 Å². The molecule has 0 spiro atoms. The molecule has 1 aromatic rings. The van der Waals surface area contributed by atoms with Gasteiger partial charge in [-0.05, 0) is 55.4 Å². The van der Waals surface area contributed by atoms with Gasteiger partial charge in [-0.15, -0.1) is 0 Å². The molecule has 11 heteroatoms. The van der Waals surface area contributed by atoms with Crippen LogP contribution in [0.5, 0.6) is 0 Å². The van der Waals surface area contributed by atoms with Crippen molar-refractivity contribution in [2.24, 2.45) is 5.73 Å². The minimum Gasteiger partial charge on any atom is -0.330 e. The van der Waals surface area contributed by atoms with Gasteiger partial charge in [-0.25, -0.2) is 0 Å². The van der Waals surface area contributed by atoms with Gasteiger partial charge in [-0.3, -0.25) is 24.6 Å². The van der Waals surface area contributed by atoms with Gasteiger partial charge in [0.2, 0.25) is 11.8 Å². The fourth-order valence-electron chi connectivity index (χ4n) is 6.27. The van der Waals surface area contributed by atoms with Gasteiger partial charge in [0, 0.05) is 48.4 Å². The van der Waals surface area contributed by atoms with Crippen LogP contribution in [0.15, 0.2) is 23.1 Å². The van der Waals surface area contributed by atoms with Crippen LogP contribution in [-0.4, -0.2) is 87.2 Å². The Hall–Kier alpha value is -2.68. The fourth-order valence-corrected chi connectivity index (χ4v) is 7.27. The highest BCUT2D eigenvalue weighted by Crippen LogP contribution is 2.51. The van der Waals surface area contributed by atoms with Crippen molar-refractivity contribution in [2.45, 2.75) is 67.2 Å². The lowest BCUT2D eigenvalue weighted by Gasteiger charge is -2.38. The van der Waals surface area contributed by atoms with E-state index in [0.717, 1.165) is 41.7 Å². The smallest absolute Gasteiger partial charge is 0.241 e. The maximum absolute atomic E-state index is 13.4. The van der Waals surface area contributed by atoms with Crippen LogP contribution in [0, 0.1) is 21.4 Å². The molecule has 1 aliphatic carbocycles. The Labute approximate surface area is 206 Å². The van der Waals surface area contributed by atoms with Crippen LogP contribution in [0.2, 0.25) is 0 Å². The van der Waals surface area contributed by atoms with Crippen molar-refractivity contribution < 1.29 is 13.9 Å². The second-order valence-corrected chi connectivity index (χ2v) is 13.8. The van der Waals surface area contributed by atoms with E-state index in [1.54, 1.807) is 17.4 Å². The Balaban J connectivity index is 1.26. The number of nitro groups is 1. The van der Waals surface area contributed by atoms with E-state index in [-0.39, 0.29) is 34.3 Å². The van der Waals surface area contributed by atoms with Crippen molar-refractivity contribution in [1.82, 2.24) is 14.7 Å². The molecule has 2 amide bonds. The zero-order chi connectivity index (χ0) is 25.1. The second-order valence-electron chi connectivity index (χ2n) is 10.4. The average molecular weight is 501 g/mol. The normalized spacial score (nSPS) is 29.4. The molecule has 10 nitrogen and oxygen atoms in total. The number of carbonyl (C=O) groups is 2. The van der Waals surface area contributed by atoms with Crippen molar-refractivity contribution in [3.63, 3.8) is 0 Å². The van der Waals surface area contributed by atoms with Crippen LogP contribution in [0.3, 0.4) is 0 Å². The first-order valence-electron chi connectivity index (χ1n) is 12.2. The number of benzene rings is 1. The maximum atomic E-state index is 13.4. The predicted molar refractivity (Wildman–Crippen MR) is 131 cm³/mol. The molecule has 35 heavy (non-hydrogen) atoms. The average Bonchev–Trinajstić information content (AvgIpc) is 3.60.